The van der Waals surface area contributed by atoms with Gasteiger partial charge in [0.25, 0.3) is 5.91 Å². The van der Waals surface area contributed by atoms with Crippen LogP contribution in [-0.2, 0) is 19.8 Å². The standard InChI is InChI=1S/C22H24ClN7O2/c1-4-30-16(3)17(10-25-30)12-29-13-19(11-24-29)26-22(31)20-7-8-28(27-20)14-32-21-6-5-18(23)9-15(21)2/h5-11,13H,4,12,14H2,1-3H3,(H,26,31). The fourth-order valence-electron chi connectivity index (χ4n) is 3.31. The highest BCUT2D eigenvalue weighted by Gasteiger charge is 2.13. The zero-order chi connectivity index (χ0) is 22.7. The minimum atomic E-state index is -0.319. The van der Waals surface area contributed by atoms with Gasteiger partial charge in [0.1, 0.15) is 5.75 Å². The van der Waals surface area contributed by atoms with Crippen molar-refractivity contribution in [2.75, 3.05) is 5.32 Å². The minimum absolute atomic E-state index is 0.179. The van der Waals surface area contributed by atoms with E-state index in [1.165, 1.54) is 0 Å². The summed E-state index contributed by atoms with van der Waals surface area (Å²) in [4.78, 5) is 12.6. The van der Waals surface area contributed by atoms with Gasteiger partial charge in [0.2, 0.25) is 0 Å². The van der Waals surface area contributed by atoms with E-state index >= 15 is 0 Å². The molecule has 0 aliphatic carbocycles. The number of nitrogens with one attached hydrogen (secondary N) is 1. The summed E-state index contributed by atoms with van der Waals surface area (Å²) in [5.41, 5.74) is 4.00. The number of halogens is 1. The molecule has 10 heteroatoms. The van der Waals surface area contributed by atoms with Crippen LogP contribution in [0.5, 0.6) is 5.75 Å². The van der Waals surface area contributed by atoms with Gasteiger partial charge in [-0.3, -0.25) is 14.2 Å². The molecule has 0 saturated carbocycles. The van der Waals surface area contributed by atoms with Gasteiger partial charge in [0.05, 0.1) is 24.6 Å². The fourth-order valence-corrected chi connectivity index (χ4v) is 3.54. The monoisotopic (exact) mass is 453 g/mol. The fraction of sp³-hybridized carbons (Fsp3) is 0.273. The van der Waals surface area contributed by atoms with Crippen LogP contribution >= 0.6 is 11.6 Å². The van der Waals surface area contributed by atoms with Gasteiger partial charge in [0.15, 0.2) is 12.4 Å². The van der Waals surface area contributed by atoms with Crippen molar-refractivity contribution in [3.8, 4) is 5.75 Å². The van der Waals surface area contributed by atoms with Crippen LogP contribution in [0.1, 0.15) is 34.2 Å². The van der Waals surface area contributed by atoms with E-state index in [0.717, 1.165) is 23.4 Å². The van der Waals surface area contributed by atoms with E-state index in [1.54, 1.807) is 46.2 Å². The lowest BCUT2D eigenvalue weighted by atomic mass is 10.2. The van der Waals surface area contributed by atoms with Gasteiger partial charge in [-0.2, -0.15) is 15.3 Å². The number of aromatic nitrogens is 6. The molecule has 0 bridgehead atoms. The zero-order valence-corrected chi connectivity index (χ0v) is 18.9. The first-order chi connectivity index (χ1) is 15.4. The first kappa shape index (κ1) is 21.6. The molecule has 1 N–H and O–H groups in total. The Morgan fingerprint density at radius 2 is 2.00 bits per heavy atom. The summed E-state index contributed by atoms with van der Waals surface area (Å²) in [6.07, 6.45) is 6.93. The second-order valence-corrected chi connectivity index (χ2v) is 7.81. The Bertz CT molecular complexity index is 1240. The quantitative estimate of drug-likeness (QED) is 0.436. The number of carbonyl (C=O) groups excluding carboxylic acids is 1. The summed E-state index contributed by atoms with van der Waals surface area (Å²) >= 11 is 5.97. The van der Waals surface area contributed by atoms with Crippen molar-refractivity contribution in [1.29, 1.82) is 0 Å². The van der Waals surface area contributed by atoms with Gasteiger partial charge < -0.3 is 10.1 Å². The van der Waals surface area contributed by atoms with Gasteiger partial charge in [-0.25, -0.2) is 4.68 Å². The van der Waals surface area contributed by atoms with Crippen molar-refractivity contribution in [3.05, 3.63) is 76.6 Å². The number of anilines is 1. The third kappa shape index (κ3) is 4.83. The Balaban J connectivity index is 1.34. The Labute approximate surface area is 190 Å². The van der Waals surface area contributed by atoms with Gasteiger partial charge in [0, 0.05) is 35.2 Å². The molecule has 0 spiro atoms. The summed E-state index contributed by atoms with van der Waals surface area (Å²) in [7, 11) is 0. The molecule has 166 valence electrons. The molecule has 0 radical (unpaired) electrons. The van der Waals surface area contributed by atoms with Crippen LogP contribution in [0.2, 0.25) is 5.02 Å². The molecule has 32 heavy (non-hydrogen) atoms. The van der Waals surface area contributed by atoms with Crippen molar-refractivity contribution >= 4 is 23.2 Å². The van der Waals surface area contributed by atoms with Crippen LogP contribution in [0.4, 0.5) is 5.69 Å². The Morgan fingerprint density at radius 3 is 2.75 bits per heavy atom. The zero-order valence-electron chi connectivity index (χ0n) is 18.1. The van der Waals surface area contributed by atoms with E-state index in [-0.39, 0.29) is 18.3 Å². The predicted octanol–water partition coefficient (Wildman–Crippen LogP) is 3.90. The van der Waals surface area contributed by atoms with Crippen LogP contribution in [0.25, 0.3) is 0 Å². The number of hydrogen-bond acceptors (Lipinski definition) is 5. The van der Waals surface area contributed by atoms with E-state index < -0.39 is 0 Å². The number of carbonyl (C=O) groups is 1. The lowest BCUT2D eigenvalue weighted by Crippen LogP contribution is -2.14. The van der Waals surface area contributed by atoms with Gasteiger partial charge >= 0.3 is 0 Å². The van der Waals surface area contributed by atoms with E-state index in [0.29, 0.717) is 23.0 Å². The summed E-state index contributed by atoms with van der Waals surface area (Å²) < 4.78 is 11.0. The largest absolute Gasteiger partial charge is 0.471 e. The summed E-state index contributed by atoms with van der Waals surface area (Å²) in [5, 5.41) is 16.4. The molecule has 3 aromatic heterocycles. The molecule has 1 aromatic carbocycles. The van der Waals surface area contributed by atoms with E-state index in [2.05, 4.69) is 27.5 Å². The number of benzene rings is 1. The molecule has 0 aliphatic heterocycles. The highest BCUT2D eigenvalue weighted by molar-refractivity contribution is 6.30. The van der Waals surface area contributed by atoms with Crippen molar-refractivity contribution in [1.82, 2.24) is 29.3 Å². The molecule has 1 amide bonds. The van der Waals surface area contributed by atoms with Gasteiger partial charge in [-0.15, -0.1) is 0 Å². The molecule has 0 unspecified atom stereocenters. The third-order valence-electron chi connectivity index (χ3n) is 5.09. The van der Waals surface area contributed by atoms with Crippen LogP contribution < -0.4 is 10.1 Å². The molecule has 0 atom stereocenters. The van der Waals surface area contributed by atoms with Crippen LogP contribution in [0.15, 0.2) is 49.1 Å². The average molecular weight is 454 g/mol. The summed E-state index contributed by atoms with van der Waals surface area (Å²) in [5.74, 6) is 0.393. The maximum atomic E-state index is 12.6. The molecule has 9 nitrogen and oxygen atoms in total. The van der Waals surface area contributed by atoms with Crippen LogP contribution in [0.3, 0.4) is 0 Å². The predicted molar refractivity (Wildman–Crippen MR) is 121 cm³/mol. The van der Waals surface area contributed by atoms with E-state index in [4.69, 9.17) is 16.3 Å². The first-order valence-electron chi connectivity index (χ1n) is 10.2. The molecule has 0 aliphatic rings. The third-order valence-corrected chi connectivity index (χ3v) is 5.33. The normalized spacial score (nSPS) is 11.0. The molecular formula is C22H24ClN7O2. The van der Waals surface area contributed by atoms with E-state index in [1.807, 2.05) is 30.8 Å². The summed E-state index contributed by atoms with van der Waals surface area (Å²) in [6.45, 7) is 7.59. The number of hydrogen-bond donors (Lipinski definition) is 1. The molecule has 0 fully saturated rings. The Hall–Kier alpha value is -3.59. The maximum absolute atomic E-state index is 12.6. The molecule has 4 aromatic rings. The minimum Gasteiger partial charge on any atom is -0.471 e. The highest BCUT2D eigenvalue weighted by atomic mass is 35.5. The van der Waals surface area contributed by atoms with Crippen molar-refractivity contribution in [2.24, 2.45) is 0 Å². The lowest BCUT2D eigenvalue weighted by Gasteiger charge is -2.09. The van der Waals surface area contributed by atoms with E-state index in [9.17, 15) is 4.79 Å². The first-order valence-corrected chi connectivity index (χ1v) is 10.6. The van der Waals surface area contributed by atoms with Crippen molar-refractivity contribution in [3.63, 3.8) is 0 Å². The number of aryl methyl sites for hydroxylation is 2. The van der Waals surface area contributed by atoms with Crippen molar-refractivity contribution < 1.29 is 9.53 Å². The second-order valence-electron chi connectivity index (χ2n) is 7.38. The molecule has 0 saturated heterocycles. The maximum Gasteiger partial charge on any atom is 0.276 e. The molecule has 3 heterocycles. The molecule has 4 rings (SSSR count). The Morgan fingerprint density at radius 1 is 1.16 bits per heavy atom. The number of ether oxygens (including phenoxy) is 1. The number of amides is 1. The van der Waals surface area contributed by atoms with Gasteiger partial charge in [-0.05, 0) is 50.6 Å². The Kier molecular flexibility index (Phi) is 6.27. The van der Waals surface area contributed by atoms with Crippen LogP contribution in [-0.4, -0.2) is 35.2 Å². The SMILES string of the molecule is CCn1ncc(Cn2cc(NC(=O)c3ccn(COc4ccc(Cl)cc4C)n3)cn2)c1C. The second kappa shape index (κ2) is 9.27. The average Bonchev–Trinajstić information content (AvgIpc) is 3.49. The van der Waals surface area contributed by atoms with Crippen LogP contribution in [0, 0.1) is 13.8 Å². The highest BCUT2D eigenvalue weighted by Crippen LogP contribution is 2.22. The number of rotatable bonds is 8. The topological polar surface area (TPSA) is 91.8 Å². The van der Waals surface area contributed by atoms with Gasteiger partial charge in [-0.1, -0.05) is 11.6 Å². The van der Waals surface area contributed by atoms with Crippen molar-refractivity contribution in [2.45, 2.75) is 40.6 Å². The number of nitrogens with zero attached hydrogens (tertiary/aromatic N) is 6. The lowest BCUT2D eigenvalue weighted by molar-refractivity contribution is 0.102. The summed E-state index contributed by atoms with van der Waals surface area (Å²) in [6, 6.07) is 7.04. The smallest absolute Gasteiger partial charge is 0.276 e. The molecular weight excluding hydrogens is 430 g/mol.